The Bertz CT molecular complexity index is 526. The summed E-state index contributed by atoms with van der Waals surface area (Å²) in [4.78, 5) is 36.3. The SMILES string of the molecule is O=C1NC(=O)C(=CC2CC=C(N3CCOCC3)O2)C(=O)N1. The molecule has 4 amide bonds. The summed E-state index contributed by atoms with van der Waals surface area (Å²) in [7, 11) is 0. The van der Waals surface area contributed by atoms with E-state index in [9.17, 15) is 14.4 Å². The molecule has 1 atom stereocenters. The highest BCUT2D eigenvalue weighted by Crippen LogP contribution is 2.23. The van der Waals surface area contributed by atoms with E-state index in [1.807, 2.05) is 16.7 Å². The number of ether oxygens (including phenoxy) is 2. The predicted octanol–water partition coefficient (Wildman–Crippen LogP) is -0.759. The van der Waals surface area contributed by atoms with E-state index in [-0.39, 0.29) is 11.7 Å². The van der Waals surface area contributed by atoms with Gasteiger partial charge in [0.1, 0.15) is 11.7 Å². The van der Waals surface area contributed by atoms with Crippen LogP contribution in [0.5, 0.6) is 0 Å². The minimum Gasteiger partial charge on any atom is -0.471 e. The van der Waals surface area contributed by atoms with Gasteiger partial charge in [-0.25, -0.2) is 4.79 Å². The average Bonchev–Trinajstić information content (AvgIpc) is 2.92. The summed E-state index contributed by atoms with van der Waals surface area (Å²) in [6, 6.07) is -0.804. The number of nitrogens with one attached hydrogen (secondary N) is 2. The second kappa shape index (κ2) is 5.57. The second-order valence-electron chi connectivity index (χ2n) is 4.85. The largest absolute Gasteiger partial charge is 0.471 e. The van der Waals surface area contributed by atoms with Crippen molar-refractivity contribution in [2.24, 2.45) is 0 Å². The lowest BCUT2D eigenvalue weighted by molar-refractivity contribution is -0.124. The first-order valence-corrected chi connectivity index (χ1v) is 6.71. The Kier molecular flexibility index (Phi) is 3.61. The monoisotopic (exact) mass is 293 g/mol. The molecule has 0 aromatic heterocycles. The maximum Gasteiger partial charge on any atom is 0.328 e. The minimum atomic E-state index is -0.804. The Labute approximate surface area is 120 Å². The number of barbiturate groups is 1. The lowest BCUT2D eigenvalue weighted by atomic mass is 10.1. The first-order chi connectivity index (χ1) is 10.1. The van der Waals surface area contributed by atoms with Crippen molar-refractivity contribution in [1.29, 1.82) is 0 Å². The van der Waals surface area contributed by atoms with Crippen LogP contribution in [-0.2, 0) is 19.1 Å². The van der Waals surface area contributed by atoms with Gasteiger partial charge in [-0.05, 0) is 12.2 Å². The molecule has 8 nitrogen and oxygen atoms in total. The van der Waals surface area contributed by atoms with Crippen LogP contribution in [0, 0.1) is 0 Å². The number of hydrogen-bond acceptors (Lipinski definition) is 6. The summed E-state index contributed by atoms with van der Waals surface area (Å²) in [5, 5.41) is 4.06. The molecule has 0 radical (unpaired) electrons. The van der Waals surface area contributed by atoms with E-state index in [1.165, 1.54) is 6.08 Å². The van der Waals surface area contributed by atoms with Crippen LogP contribution in [0.2, 0.25) is 0 Å². The fraction of sp³-hybridized carbons (Fsp3) is 0.462. The van der Waals surface area contributed by atoms with Crippen molar-refractivity contribution in [3.63, 3.8) is 0 Å². The summed E-state index contributed by atoms with van der Waals surface area (Å²) in [5.74, 6) is -0.660. The van der Waals surface area contributed by atoms with Crippen molar-refractivity contribution >= 4 is 17.8 Å². The fourth-order valence-electron chi connectivity index (χ4n) is 2.37. The zero-order valence-electron chi connectivity index (χ0n) is 11.3. The lowest BCUT2D eigenvalue weighted by Crippen LogP contribution is -2.51. The molecule has 21 heavy (non-hydrogen) atoms. The van der Waals surface area contributed by atoms with Gasteiger partial charge in [0, 0.05) is 19.5 Å². The molecular weight excluding hydrogens is 278 g/mol. The van der Waals surface area contributed by atoms with Crippen molar-refractivity contribution in [3.05, 3.63) is 23.6 Å². The van der Waals surface area contributed by atoms with Crippen LogP contribution in [0.1, 0.15) is 6.42 Å². The molecule has 112 valence electrons. The van der Waals surface area contributed by atoms with E-state index in [4.69, 9.17) is 9.47 Å². The first-order valence-electron chi connectivity index (χ1n) is 6.71. The molecule has 0 aromatic carbocycles. The van der Waals surface area contributed by atoms with Crippen molar-refractivity contribution in [1.82, 2.24) is 15.5 Å². The molecule has 0 aliphatic carbocycles. The zero-order valence-corrected chi connectivity index (χ0v) is 11.3. The second-order valence-corrected chi connectivity index (χ2v) is 4.85. The summed E-state index contributed by atoms with van der Waals surface area (Å²) >= 11 is 0. The molecule has 1 unspecified atom stereocenters. The number of morpholine rings is 1. The van der Waals surface area contributed by atoms with Crippen molar-refractivity contribution in [3.8, 4) is 0 Å². The molecule has 0 saturated carbocycles. The van der Waals surface area contributed by atoms with Gasteiger partial charge in [-0.3, -0.25) is 20.2 Å². The number of nitrogens with zero attached hydrogens (tertiary/aromatic N) is 1. The van der Waals surface area contributed by atoms with Gasteiger partial charge in [-0.2, -0.15) is 0 Å². The molecule has 2 saturated heterocycles. The predicted molar refractivity (Wildman–Crippen MR) is 69.7 cm³/mol. The molecule has 2 N–H and O–H groups in total. The van der Waals surface area contributed by atoms with Crippen LogP contribution in [0.4, 0.5) is 4.79 Å². The van der Waals surface area contributed by atoms with Crippen molar-refractivity contribution in [2.45, 2.75) is 12.5 Å². The highest BCUT2D eigenvalue weighted by molar-refractivity contribution is 6.28. The number of carbonyl (C=O) groups is 3. The van der Waals surface area contributed by atoms with Crippen LogP contribution in [0.25, 0.3) is 0 Å². The Morgan fingerprint density at radius 1 is 1.14 bits per heavy atom. The lowest BCUT2D eigenvalue weighted by Gasteiger charge is -2.29. The molecule has 3 rings (SSSR count). The van der Waals surface area contributed by atoms with E-state index in [0.29, 0.717) is 19.6 Å². The Balaban J connectivity index is 1.64. The topological polar surface area (TPSA) is 97.0 Å². The molecule has 0 spiro atoms. The van der Waals surface area contributed by atoms with E-state index in [1.54, 1.807) is 0 Å². The number of hydrogen-bond donors (Lipinski definition) is 2. The quantitative estimate of drug-likeness (QED) is 0.513. The normalized spacial score (nSPS) is 26.0. The molecule has 0 bridgehead atoms. The third-order valence-corrected chi connectivity index (χ3v) is 3.42. The summed E-state index contributed by atoms with van der Waals surface area (Å²) < 4.78 is 11.0. The number of rotatable bonds is 2. The Hall–Kier alpha value is -2.35. The number of urea groups is 1. The molecule has 8 heteroatoms. The summed E-state index contributed by atoms with van der Waals surface area (Å²) in [6.45, 7) is 2.81. The van der Waals surface area contributed by atoms with Crippen LogP contribution in [0.3, 0.4) is 0 Å². The third kappa shape index (κ3) is 2.89. The molecule has 2 fully saturated rings. The molecule has 0 aromatic rings. The average molecular weight is 293 g/mol. The van der Waals surface area contributed by atoms with E-state index in [0.717, 1.165) is 19.0 Å². The van der Waals surface area contributed by atoms with Crippen LogP contribution >= 0.6 is 0 Å². The summed E-state index contributed by atoms with van der Waals surface area (Å²) in [5.41, 5.74) is -0.101. The van der Waals surface area contributed by atoms with Gasteiger partial charge in [0.05, 0.1) is 13.2 Å². The highest BCUT2D eigenvalue weighted by atomic mass is 16.5. The number of imide groups is 2. The Morgan fingerprint density at radius 2 is 1.81 bits per heavy atom. The first kappa shape index (κ1) is 13.6. The van der Waals surface area contributed by atoms with E-state index < -0.39 is 17.8 Å². The zero-order chi connectivity index (χ0) is 14.8. The number of carbonyl (C=O) groups excluding carboxylic acids is 3. The smallest absolute Gasteiger partial charge is 0.328 e. The molecular formula is C13H15N3O5. The van der Waals surface area contributed by atoms with Gasteiger partial charge in [0.2, 0.25) is 0 Å². The van der Waals surface area contributed by atoms with E-state index in [2.05, 4.69) is 4.90 Å². The standard InChI is InChI=1S/C13H15N3O5/c17-11-9(12(18)15-13(19)14-11)7-8-1-2-10(21-8)16-3-5-20-6-4-16/h2,7-8H,1,3-6H2,(H2,14,15,17,18,19). The van der Waals surface area contributed by atoms with Crippen LogP contribution in [-0.4, -0.2) is 55.2 Å². The van der Waals surface area contributed by atoms with Gasteiger partial charge in [-0.15, -0.1) is 0 Å². The van der Waals surface area contributed by atoms with Crippen LogP contribution in [0.15, 0.2) is 23.6 Å². The number of amides is 4. The maximum absolute atomic E-state index is 11.6. The third-order valence-electron chi connectivity index (χ3n) is 3.42. The van der Waals surface area contributed by atoms with Gasteiger partial charge in [0.25, 0.3) is 11.8 Å². The van der Waals surface area contributed by atoms with Crippen LogP contribution < -0.4 is 10.6 Å². The van der Waals surface area contributed by atoms with Gasteiger partial charge < -0.3 is 14.4 Å². The fourth-order valence-corrected chi connectivity index (χ4v) is 2.37. The van der Waals surface area contributed by atoms with E-state index >= 15 is 0 Å². The molecule has 3 aliphatic heterocycles. The maximum atomic E-state index is 11.6. The highest BCUT2D eigenvalue weighted by Gasteiger charge is 2.30. The van der Waals surface area contributed by atoms with Gasteiger partial charge in [-0.1, -0.05) is 0 Å². The molecule has 3 heterocycles. The molecule has 3 aliphatic rings. The van der Waals surface area contributed by atoms with Gasteiger partial charge in [0.15, 0.2) is 5.88 Å². The van der Waals surface area contributed by atoms with Crippen molar-refractivity contribution < 1.29 is 23.9 Å². The summed E-state index contributed by atoms with van der Waals surface area (Å²) in [6.07, 6.45) is 3.56. The van der Waals surface area contributed by atoms with Crippen molar-refractivity contribution in [2.75, 3.05) is 26.3 Å². The Morgan fingerprint density at radius 3 is 2.48 bits per heavy atom. The van der Waals surface area contributed by atoms with Gasteiger partial charge >= 0.3 is 6.03 Å². The minimum absolute atomic E-state index is 0.101.